The fourth-order valence-corrected chi connectivity index (χ4v) is 3.28. The quantitative estimate of drug-likeness (QED) is 0.770. The molecular formula is C20H19FN2O. The molecule has 1 N–H and O–H groups in total. The summed E-state index contributed by atoms with van der Waals surface area (Å²) in [6, 6.07) is 14.6. The number of likely N-dealkylation sites (tertiary alicyclic amines) is 1. The molecule has 1 saturated heterocycles. The number of hydrogen-bond donors (Lipinski definition) is 1. The Hall–Kier alpha value is -2.62. The summed E-state index contributed by atoms with van der Waals surface area (Å²) in [7, 11) is 0. The number of nitrogens with one attached hydrogen (secondary N) is 1. The maximum Gasteiger partial charge on any atom is 0.222 e. The zero-order valence-electron chi connectivity index (χ0n) is 13.4. The van der Waals surface area contributed by atoms with Crippen LogP contribution in [0.5, 0.6) is 0 Å². The Morgan fingerprint density at radius 3 is 2.54 bits per heavy atom. The molecule has 4 heteroatoms. The lowest BCUT2D eigenvalue weighted by molar-refractivity contribution is -0.134. The zero-order valence-corrected chi connectivity index (χ0v) is 13.4. The van der Waals surface area contributed by atoms with Gasteiger partial charge in [0, 0.05) is 36.1 Å². The Bertz CT molecular complexity index is 878. The molecule has 1 aliphatic heterocycles. The van der Waals surface area contributed by atoms with Crippen molar-refractivity contribution in [3.05, 3.63) is 59.9 Å². The summed E-state index contributed by atoms with van der Waals surface area (Å²) in [5.74, 6) is -0.0269. The lowest BCUT2D eigenvalue weighted by Gasteiger charge is -2.31. The first kappa shape index (κ1) is 14.9. The molecule has 0 spiro atoms. The third-order valence-electron chi connectivity index (χ3n) is 4.74. The van der Waals surface area contributed by atoms with Crippen LogP contribution in [-0.2, 0) is 11.2 Å². The smallest absolute Gasteiger partial charge is 0.222 e. The molecule has 3 aromatic rings. The van der Waals surface area contributed by atoms with Crippen LogP contribution in [0, 0.1) is 5.82 Å². The number of halogens is 1. The predicted octanol–water partition coefficient (Wildman–Crippen LogP) is 4.14. The third-order valence-corrected chi connectivity index (χ3v) is 4.74. The molecule has 4 rings (SSSR count). The number of aromatic amines is 1. The van der Waals surface area contributed by atoms with Crippen LogP contribution in [0.15, 0.2) is 48.5 Å². The molecule has 2 aromatic carbocycles. The monoisotopic (exact) mass is 322 g/mol. The highest BCUT2D eigenvalue weighted by Gasteiger charge is 2.21. The number of carbonyl (C=O) groups is 1. The number of hydrogen-bond acceptors (Lipinski definition) is 1. The number of H-pyrrole nitrogens is 1. The van der Waals surface area contributed by atoms with E-state index in [2.05, 4.69) is 11.1 Å². The minimum Gasteiger partial charge on any atom is -0.354 e. The summed E-state index contributed by atoms with van der Waals surface area (Å²) in [6.45, 7) is 1.77. The van der Waals surface area contributed by atoms with E-state index >= 15 is 0 Å². The van der Waals surface area contributed by atoms with E-state index in [-0.39, 0.29) is 11.7 Å². The van der Waals surface area contributed by atoms with Crippen LogP contribution in [-0.4, -0.2) is 28.9 Å². The van der Waals surface area contributed by atoms with Gasteiger partial charge in [-0.15, -0.1) is 0 Å². The normalized spacial score (nSPS) is 14.0. The number of benzene rings is 2. The van der Waals surface area contributed by atoms with Gasteiger partial charge in [-0.3, -0.25) is 4.79 Å². The van der Waals surface area contributed by atoms with Crippen molar-refractivity contribution < 1.29 is 9.18 Å². The van der Waals surface area contributed by atoms with Gasteiger partial charge in [-0.25, -0.2) is 4.39 Å². The first-order valence-corrected chi connectivity index (χ1v) is 8.35. The molecule has 122 valence electrons. The Morgan fingerprint density at radius 1 is 1.08 bits per heavy atom. The van der Waals surface area contributed by atoms with Crippen molar-refractivity contribution >= 4 is 16.8 Å². The summed E-state index contributed by atoms with van der Waals surface area (Å²) in [4.78, 5) is 17.6. The molecule has 1 aliphatic rings. The van der Waals surface area contributed by atoms with Crippen molar-refractivity contribution in [2.45, 2.75) is 19.3 Å². The van der Waals surface area contributed by atoms with Crippen LogP contribution in [0.2, 0.25) is 0 Å². The van der Waals surface area contributed by atoms with Gasteiger partial charge in [0.25, 0.3) is 0 Å². The highest BCUT2D eigenvalue weighted by atomic mass is 19.1. The van der Waals surface area contributed by atoms with Crippen LogP contribution in [0.25, 0.3) is 22.2 Å². The Balaban J connectivity index is 1.69. The van der Waals surface area contributed by atoms with Crippen LogP contribution in [0.1, 0.15) is 18.4 Å². The number of amides is 1. The number of aromatic nitrogens is 1. The third kappa shape index (κ3) is 2.68. The Kier molecular flexibility index (Phi) is 3.81. The van der Waals surface area contributed by atoms with Crippen molar-refractivity contribution in [2.75, 3.05) is 13.1 Å². The average molecular weight is 322 g/mol. The van der Waals surface area contributed by atoms with E-state index in [0.717, 1.165) is 47.2 Å². The largest absolute Gasteiger partial charge is 0.354 e. The minimum absolute atomic E-state index is 0.219. The average Bonchev–Trinajstić information content (AvgIpc) is 2.90. The maximum absolute atomic E-state index is 13.2. The molecule has 1 aromatic heterocycles. The molecule has 0 bridgehead atoms. The van der Waals surface area contributed by atoms with Crippen LogP contribution in [0.4, 0.5) is 4.39 Å². The van der Waals surface area contributed by atoms with E-state index in [1.54, 1.807) is 12.1 Å². The number of fused-ring (bicyclic) bond motifs is 1. The number of para-hydroxylation sites is 1. The Morgan fingerprint density at radius 2 is 1.83 bits per heavy atom. The van der Waals surface area contributed by atoms with Gasteiger partial charge in [0.2, 0.25) is 5.91 Å². The van der Waals surface area contributed by atoms with Gasteiger partial charge in [0.15, 0.2) is 0 Å². The van der Waals surface area contributed by atoms with E-state index in [4.69, 9.17) is 0 Å². The molecule has 1 fully saturated rings. The van der Waals surface area contributed by atoms with E-state index in [0.29, 0.717) is 12.8 Å². The van der Waals surface area contributed by atoms with E-state index < -0.39 is 0 Å². The lowest BCUT2D eigenvalue weighted by Crippen LogP contribution is -2.42. The van der Waals surface area contributed by atoms with Gasteiger partial charge >= 0.3 is 0 Å². The standard InChI is InChI=1S/C20H19FN2O/c21-15-8-6-14(7-9-15)20-17(10-11-19(24)23-12-3-13-23)16-4-1-2-5-18(16)22-20/h1-2,4-9,22H,3,10-13H2. The highest BCUT2D eigenvalue weighted by molar-refractivity contribution is 5.91. The van der Waals surface area contributed by atoms with Crippen LogP contribution >= 0.6 is 0 Å². The van der Waals surface area contributed by atoms with Gasteiger partial charge in [-0.2, -0.15) is 0 Å². The molecule has 0 aliphatic carbocycles. The summed E-state index contributed by atoms with van der Waals surface area (Å²) in [5.41, 5.74) is 4.10. The van der Waals surface area contributed by atoms with Crippen molar-refractivity contribution in [2.24, 2.45) is 0 Å². The predicted molar refractivity (Wildman–Crippen MR) is 93.2 cm³/mol. The maximum atomic E-state index is 13.2. The SMILES string of the molecule is O=C(CCc1c(-c2ccc(F)cc2)[nH]c2ccccc12)N1CCC1. The minimum atomic E-state index is -0.246. The number of rotatable bonds is 4. The van der Waals surface area contributed by atoms with Gasteiger partial charge in [0.05, 0.1) is 0 Å². The summed E-state index contributed by atoms with van der Waals surface area (Å²) < 4.78 is 13.2. The fraction of sp³-hybridized carbons (Fsp3) is 0.250. The second kappa shape index (κ2) is 6.11. The summed E-state index contributed by atoms with van der Waals surface area (Å²) in [5, 5.41) is 1.13. The molecule has 24 heavy (non-hydrogen) atoms. The van der Waals surface area contributed by atoms with E-state index in [1.807, 2.05) is 23.1 Å². The molecular weight excluding hydrogens is 303 g/mol. The van der Waals surface area contributed by atoms with Crippen molar-refractivity contribution in [3.63, 3.8) is 0 Å². The summed E-state index contributed by atoms with van der Waals surface area (Å²) >= 11 is 0. The molecule has 1 amide bonds. The first-order valence-electron chi connectivity index (χ1n) is 8.35. The van der Waals surface area contributed by atoms with Crippen molar-refractivity contribution in [1.82, 2.24) is 9.88 Å². The van der Waals surface area contributed by atoms with Crippen molar-refractivity contribution in [1.29, 1.82) is 0 Å². The molecule has 0 unspecified atom stereocenters. The van der Waals surface area contributed by atoms with Gasteiger partial charge in [0.1, 0.15) is 5.82 Å². The highest BCUT2D eigenvalue weighted by Crippen LogP contribution is 2.31. The molecule has 0 radical (unpaired) electrons. The number of aryl methyl sites for hydroxylation is 1. The zero-order chi connectivity index (χ0) is 16.5. The molecule has 0 saturated carbocycles. The van der Waals surface area contributed by atoms with Gasteiger partial charge in [-0.1, -0.05) is 18.2 Å². The fourth-order valence-electron chi connectivity index (χ4n) is 3.28. The molecule has 3 nitrogen and oxygen atoms in total. The topological polar surface area (TPSA) is 36.1 Å². The van der Waals surface area contributed by atoms with E-state index in [1.165, 1.54) is 12.1 Å². The number of carbonyl (C=O) groups excluding carboxylic acids is 1. The van der Waals surface area contributed by atoms with Crippen LogP contribution in [0.3, 0.4) is 0 Å². The number of nitrogens with zero attached hydrogens (tertiary/aromatic N) is 1. The summed E-state index contributed by atoms with van der Waals surface area (Å²) in [6.07, 6.45) is 2.31. The van der Waals surface area contributed by atoms with Crippen molar-refractivity contribution in [3.8, 4) is 11.3 Å². The molecule has 2 heterocycles. The Labute approximate surface area is 140 Å². The first-order chi connectivity index (χ1) is 11.7. The lowest BCUT2D eigenvalue weighted by atomic mass is 10.0. The second-order valence-electron chi connectivity index (χ2n) is 6.27. The van der Waals surface area contributed by atoms with Gasteiger partial charge in [-0.05, 0) is 54.3 Å². The second-order valence-corrected chi connectivity index (χ2v) is 6.27. The van der Waals surface area contributed by atoms with Gasteiger partial charge < -0.3 is 9.88 Å². The van der Waals surface area contributed by atoms with E-state index in [9.17, 15) is 9.18 Å². The van der Waals surface area contributed by atoms with Crippen LogP contribution < -0.4 is 0 Å². The molecule has 0 atom stereocenters.